The van der Waals surface area contributed by atoms with E-state index < -0.39 is 5.92 Å². The molecule has 0 saturated heterocycles. The second kappa shape index (κ2) is 2.98. The van der Waals surface area contributed by atoms with Gasteiger partial charge < -0.3 is 4.74 Å². The molecule has 1 aliphatic rings. The topological polar surface area (TPSA) is 9.23 Å². The maximum atomic E-state index is 12.4. The number of benzene rings is 1. The Hall–Kier alpha value is -1.12. The summed E-state index contributed by atoms with van der Waals surface area (Å²) >= 11 is 0. The molecule has 1 saturated carbocycles. The first-order chi connectivity index (χ1) is 6.16. The van der Waals surface area contributed by atoms with E-state index in [1.54, 1.807) is 12.1 Å². The largest absolute Gasteiger partial charge is 0.490 e. The van der Waals surface area contributed by atoms with E-state index in [0.717, 1.165) is 0 Å². The van der Waals surface area contributed by atoms with Crippen LogP contribution in [0.4, 0.5) is 8.78 Å². The quantitative estimate of drug-likeness (QED) is 0.686. The van der Waals surface area contributed by atoms with Crippen molar-refractivity contribution in [1.29, 1.82) is 0 Å². The molecule has 0 bridgehead atoms. The molecule has 1 fully saturated rings. The van der Waals surface area contributed by atoms with Gasteiger partial charge in [-0.3, -0.25) is 0 Å². The van der Waals surface area contributed by atoms with Gasteiger partial charge in [0.25, 0.3) is 5.92 Å². The van der Waals surface area contributed by atoms with E-state index in [1.165, 1.54) is 0 Å². The monoisotopic (exact) mass is 184 g/mol. The maximum Gasteiger partial charge on any atom is 0.255 e. The zero-order valence-corrected chi connectivity index (χ0v) is 7.04. The van der Waals surface area contributed by atoms with Crippen molar-refractivity contribution in [2.75, 3.05) is 0 Å². The maximum absolute atomic E-state index is 12.4. The first-order valence-electron chi connectivity index (χ1n) is 4.25. The Bertz CT molecular complexity index is 276. The van der Waals surface area contributed by atoms with Crippen molar-refractivity contribution in [1.82, 2.24) is 0 Å². The zero-order valence-electron chi connectivity index (χ0n) is 7.04. The molecule has 0 N–H and O–H groups in total. The van der Waals surface area contributed by atoms with Gasteiger partial charge in [0.2, 0.25) is 0 Å². The molecule has 3 heteroatoms. The van der Waals surface area contributed by atoms with Gasteiger partial charge in [0, 0.05) is 12.8 Å². The van der Waals surface area contributed by atoms with Gasteiger partial charge in [-0.15, -0.1) is 0 Å². The Morgan fingerprint density at radius 3 is 2.31 bits per heavy atom. The second-order valence-electron chi connectivity index (χ2n) is 3.32. The summed E-state index contributed by atoms with van der Waals surface area (Å²) in [7, 11) is 0. The van der Waals surface area contributed by atoms with Crippen LogP contribution in [0.1, 0.15) is 12.8 Å². The van der Waals surface area contributed by atoms with E-state index in [1.807, 2.05) is 18.2 Å². The Kier molecular flexibility index (Phi) is 1.94. The Morgan fingerprint density at radius 1 is 1.15 bits per heavy atom. The standard InChI is InChI=1S/C10H10F2O/c11-10(12)6-9(7-10)13-8-4-2-1-3-5-8/h1-5,9H,6-7H2. The van der Waals surface area contributed by atoms with Crippen LogP contribution in [0.2, 0.25) is 0 Å². The third-order valence-corrected chi connectivity index (χ3v) is 2.10. The van der Waals surface area contributed by atoms with Crippen molar-refractivity contribution in [3.63, 3.8) is 0 Å². The minimum atomic E-state index is -2.50. The number of ether oxygens (including phenoxy) is 1. The van der Waals surface area contributed by atoms with Gasteiger partial charge in [-0.25, -0.2) is 8.78 Å². The van der Waals surface area contributed by atoms with E-state index >= 15 is 0 Å². The molecule has 0 unspecified atom stereocenters. The fourth-order valence-electron chi connectivity index (χ4n) is 1.38. The van der Waals surface area contributed by atoms with E-state index in [4.69, 9.17) is 4.74 Å². The summed E-state index contributed by atoms with van der Waals surface area (Å²) in [5, 5.41) is 0. The lowest BCUT2D eigenvalue weighted by molar-refractivity contribution is -0.134. The van der Waals surface area contributed by atoms with Gasteiger partial charge in [0.15, 0.2) is 0 Å². The van der Waals surface area contributed by atoms with Gasteiger partial charge in [-0.1, -0.05) is 18.2 Å². The molecule has 1 aliphatic carbocycles. The van der Waals surface area contributed by atoms with Crippen molar-refractivity contribution in [2.45, 2.75) is 24.9 Å². The van der Waals surface area contributed by atoms with Crippen LogP contribution >= 0.6 is 0 Å². The predicted molar refractivity (Wildman–Crippen MR) is 45.0 cm³/mol. The SMILES string of the molecule is FC1(F)CC(Oc2ccccc2)C1. The number of halogens is 2. The molecule has 0 aliphatic heterocycles. The molecular weight excluding hydrogens is 174 g/mol. The molecule has 0 aromatic heterocycles. The van der Waals surface area contributed by atoms with Crippen LogP contribution in [0.15, 0.2) is 30.3 Å². The van der Waals surface area contributed by atoms with Crippen molar-refractivity contribution in [3.05, 3.63) is 30.3 Å². The summed E-state index contributed by atoms with van der Waals surface area (Å²) in [4.78, 5) is 0. The molecule has 1 aromatic rings. The van der Waals surface area contributed by atoms with Crippen LogP contribution < -0.4 is 4.74 Å². The third kappa shape index (κ3) is 1.97. The summed E-state index contributed by atoms with van der Waals surface area (Å²) in [6.07, 6.45) is -0.610. The average molecular weight is 184 g/mol. The number of hydrogen-bond acceptors (Lipinski definition) is 1. The first kappa shape index (κ1) is 8.48. The highest BCUT2D eigenvalue weighted by atomic mass is 19.3. The number of hydrogen-bond donors (Lipinski definition) is 0. The molecule has 2 rings (SSSR count). The van der Waals surface area contributed by atoms with Gasteiger partial charge in [-0.05, 0) is 12.1 Å². The second-order valence-corrected chi connectivity index (χ2v) is 3.32. The van der Waals surface area contributed by atoms with Gasteiger partial charge in [0.1, 0.15) is 11.9 Å². The summed E-state index contributed by atoms with van der Waals surface area (Å²) in [6, 6.07) is 9.06. The molecule has 0 heterocycles. The number of alkyl halides is 2. The molecular formula is C10H10F2O. The lowest BCUT2D eigenvalue weighted by Gasteiger charge is -2.34. The lowest BCUT2D eigenvalue weighted by atomic mass is 9.91. The van der Waals surface area contributed by atoms with Crippen LogP contribution in [0, 0.1) is 0 Å². The molecule has 0 spiro atoms. The minimum Gasteiger partial charge on any atom is -0.490 e. The number of rotatable bonds is 2. The van der Waals surface area contributed by atoms with E-state index in [2.05, 4.69) is 0 Å². The highest BCUT2D eigenvalue weighted by Crippen LogP contribution is 2.39. The summed E-state index contributed by atoms with van der Waals surface area (Å²) in [6.45, 7) is 0. The fraction of sp³-hybridized carbons (Fsp3) is 0.400. The summed E-state index contributed by atoms with van der Waals surface area (Å²) < 4.78 is 30.1. The molecule has 1 nitrogen and oxygen atoms in total. The number of para-hydroxylation sites is 1. The van der Waals surface area contributed by atoms with Gasteiger partial charge in [0.05, 0.1) is 0 Å². The molecule has 1 aromatic carbocycles. The highest BCUT2D eigenvalue weighted by Gasteiger charge is 2.46. The van der Waals surface area contributed by atoms with Crippen molar-refractivity contribution < 1.29 is 13.5 Å². The minimum absolute atomic E-state index is 0.151. The Morgan fingerprint density at radius 2 is 1.77 bits per heavy atom. The van der Waals surface area contributed by atoms with Crippen molar-refractivity contribution >= 4 is 0 Å². The van der Waals surface area contributed by atoms with Gasteiger partial charge in [-0.2, -0.15) is 0 Å². The molecule has 70 valence electrons. The lowest BCUT2D eigenvalue weighted by Crippen LogP contribution is -2.43. The zero-order chi connectivity index (χ0) is 9.31. The van der Waals surface area contributed by atoms with Crippen LogP contribution in [0.3, 0.4) is 0 Å². The van der Waals surface area contributed by atoms with E-state index in [-0.39, 0.29) is 18.9 Å². The predicted octanol–water partition coefficient (Wildman–Crippen LogP) is 2.86. The fourth-order valence-corrected chi connectivity index (χ4v) is 1.38. The van der Waals surface area contributed by atoms with Crippen LogP contribution in [-0.2, 0) is 0 Å². The third-order valence-electron chi connectivity index (χ3n) is 2.10. The normalized spacial score (nSPS) is 20.8. The Balaban J connectivity index is 1.88. The summed E-state index contributed by atoms with van der Waals surface area (Å²) in [5.74, 6) is -1.83. The smallest absolute Gasteiger partial charge is 0.255 e. The Labute approximate surface area is 75.3 Å². The molecule has 0 amide bonds. The average Bonchev–Trinajstić information content (AvgIpc) is 2.03. The molecule has 13 heavy (non-hydrogen) atoms. The molecule has 0 atom stereocenters. The molecule has 0 radical (unpaired) electrons. The van der Waals surface area contributed by atoms with E-state index in [9.17, 15) is 8.78 Å². The summed E-state index contributed by atoms with van der Waals surface area (Å²) in [5.41, 5.74) is 0. The van der Waals surface area contributed by atoms with Gasteiger partial charge >= 0.3 is 0 Å². The van der Waals surface area contributed by atoms with Crippen LogP contribution in [-0.4, -0.2) is 12.0 Å². The van der Waals surface area contributed by atoms with E-state index in [0.29, 0.717) is 5.75 Å². The van der Waals surface area contributed by atoms with Crippen molar-refractivity contribution in [2.24, 2.45) is 0 Å². The van der Waals surface area contributed by atoms with Crippen molar-refractivity contribution in [3.8, 4) is 5.75 Å². The van der Waals surface area contributed by atoms with Crippen LogP contribution in [0.5, 0.6) is 5.75 Å². The first-order valence-corrected chi connectivity index (χ1v) is 4.25. The van der Waals surface area contributed by atoms with Crippen LogP contribution in [0.25, 0.3) is 0 Å². The highest BCUT2D eigenvalue weighted by molar-refractivity contribution is 5.21.